The molecule has 1 unspecified atom stereocenters. The third kappa shape index (κ3) is 5.67. The minimum atomic E-state index is -0.936. The van der Waals surface area contributed by atoms with Crippen molar-refractivity contribution >= 4 is 34.9 Å². The van der Waals surface area contributed by atoms with E-state index < -0.39 is 12.0 Å². The first-order valence-electron chi connectivity index (χ1n) is 9.88. The summed E-state index contributed by atoms with van der Waals surface area (Å²) in [6, 6.07) is 12.5. The monoisotopic (exact) mass is 412 g/mol. The Morgan fingerprint density at radius 3 is 2.48 bits per heavy atom. The number of carboxylic acids is 1. The number of thioether (sulfide) groups is 1. The van der Waals surface area contributed by atoms with E-state index in [2.05, 4.69) is 23.6 Å². The van der Waals surface area contributed by atoms with Crippen LogP contribution in [0.4, 0.5) is 11.4 Å². The van der Waals surface area contributed by atoms with Crippen LogP contribution in [0.2, 0.25) is 0 Å². The maximum absolute atomic E-state index is 12.0. The molecule has 29 heavy (non-hydrogen) atoms. The van der Waals surface area contributed by atoms with Gasteiger partial charge in [-0.25, -0.2) is 4.79 Å². The molecule has 0 saturated carbocycles. The minimum absolute atomic E-state index is 0.0150. The topological polar surface area (TPSA) is 111 Å². The number of rotatable bonds is 8. The Morgan fingerprint density at radius 2 is 1.90 bits per heavy atom. The van der Waals surface area contributed by atoms with Gasteiger partial charge in [0.1, 0.15) is 5.84 Å². The molecule has 3 rings (SSSR count). The number of aryl methyl sites for hydroxylation is 1. The first-order valence-corrected chi connectivity index (χ1v) is 11.0. The Morgan fingerprint density at radius 1 is 1.21 bits per heavy atom. The van der Waals surface area contributed by atoms with Gasteiger partial charge < -0.3 is 21.5 Å². The summed E-state index contributed by atoms with van der Waals surface area (Å²) in [4.78, 5) is 12.0. The zero-order chi connectivity index (χ0) is 20.8. The van der Waals surface area contributed by atoms with Crippen molar-refractivity contribution in [1.29, 1.82) is 5.41 Å². The Labute approximate surface area is 175 Å². The number of anilines is 2. The second-order valence-electron chi connectivity index (χ2n) is 7.25. The van der Waals surface area contributed by atoms with Gasteiger partial charge >= 0.3 is 5.97 Å². The normalized spacial score (nSPS) is 15.5. The van der Waals surface area contributed by atoms with Crippen molar-refractivity contribution < 1.29 is 9.90 Å². The van der Waals surface area contributed by atoms with Crippen LogP contribution in [-0.4, -0.2) is 34.5 Å². The molecule has 0 spiro atoms. The fourth-order valence-electron chi connectivity index (χ4n) is 3.45. The Hall–Kier alpha value is -2.67. The maximum atomic E-state index is 12.0. The zero-order valence-electron chi connectivity index (χ0n) is 16.6. The summed E-state index contributed by atoms with van der Waals surface area (Å²) >= 11 is 1.98. The van der Waals surface area contributed by atoms with Gasteiger partial charge in [0.2, 0.25) is 0 Å². The van der Waals surface area contributed by atoms with Gasteiger partial charge in [-0.2, -0.15) is 11.8 Å². The van der Waals surface area contributed by atoms with Crippen molar-refractivity contribution in [2.45, 2.75) is 38.3 Å². The number of carbonyl (C=O) groups is 1. The molecule has 2 aromatic rings. The summed E-state index contributed by atoms with van der Waals surface area (Å²) in [5, 5.41) is 24.0. The summed E-state index contributed by atoms with van der Waals surface area (Å²) in [5.41, 5.74) is 9.58. The van der Waals surface area contributed by atoms with Crippen LogP contribution in [-0.2, 0) is 11.2 Å². The summed E-state index contributed by atoms with van der Waals surface area (Å²) in [6.45, 7) is 2.07. The van der Waals surface area contributed by atoms with Gasteiger partial charge in [0.05, 0.1) is 0 Å². The third-order valence-corrected chi connectivity index (χ3v) is 6.15. The lowest BCUT2D eigenvalue weighted by Gasteiger charge is -2.25. The Kier molecular flexibility index (Phi) is 7.04. The number of amidine groups is 1. The molecule has 154 valence electrons. The molecule has 1 atom stereocenters. The van der Waals surface area contributed by atoms with E-state index in [9.17, 15) is 9.90 Å². The molecule has 6 nitrogen and oxygen atoms in total. The van der Waals surface area contributed by atoms with Crippen LogP contribution < -0.4 is 16.4 Å². The lowest BCUT2D eigenvalue weighted by Crippen LogP contribution is -2.25. The van der Waals surface area contributed by atoms with Gasteiger partial charge in [0.25, 0.3) is 0 Å². The van der Waals surface area contributed by atoms with Crippen LogP contribution in [0, 0.1) is 5.41 Å². The van der Waals surface area contributed by atoms with Crippen LogP contribution in [0.1, 0.15) is 42.5 Å². The van der Waals surface area contributed by atoms with E-state index in [1.54, 1.807) is 24.3 Å². The van der Waals surface area contributed by atoms with Crippen molar-refractivity contribution in [1.82, 2.24) is 0 Å². The summed E-state index contributed by atoms with van der Waals surface area (Å²) in [6.07, 6.45) is 3.08. The average Bonchev–Trinajstić information content (AvgIpc) is 2.72. The van der Waals surface area contributed by atoms with Gasteiger partial charge in [0.15, 0.2) is 6.04 Å². The molecule has 0 bridgehead atoms. The van der Waals surface area contributed by atoms with Crippen molar-refractivity contribution in [3.8, 4) is 0 Å². The lowest BCUT2D eigenvalue weighted by molar-refractivity contribution is -0.138. The molecule has 1 aliphatic rings. The van der Waals surface area contributed by atoms with Crippen molar-refractivity contribution in [2.75, 3.05) is 22.1 Å². The molecular formula is C22H28N4O2S. The van der Waals surface area contributed by atoms with Gasteiger partial charge in [0, 0.05) is 23.0 Å². The fourth-order valence-corrected chi connectivity index (χ4v) is 4.56. The predicted octanol–water partition coefficient (Wildman–Crippen LogP) is 4.08. The molecule has 1 fully saturated rings. The molecule has 0 radical (unpaired) electrons. The molecule has 6 N–H and O–H groups in total. The summed E-state index contributed by atoms with van der Waals surface area (Å²) in [5.74, 6) is 1.37. The second kappa shape index (κ2) is 9.69. The van der Waals surface area contributed by atoms with E-state index in [1.807, 2.05) is 23.9 Å². The molecule has 7 heteroatoms. The number of nitrogens with two attached hydrogens (primary N) is 1. The molecule has 0 aliphatic carbocycles. The van der Waals surface area contributed by atoms with Crippen molar-refractivity contribution in [3.05, 3.63) is 59.2 Å². The van der Waals surface area contributed by atoms with Crippen LogP contribution in [0.3, 0.4) is 0 Å². The number of nitrogen functional groups attached to an aromatic ring is 1. The first-order chi connectivity index (χ1) is 14.0. The van der Waals surface area contributed by atoms with E-state index in [0.717, 1.165) is 47.6 Å². The maximum Gasteiger partial charge on any atom is 0.330 e. The number of hydrogen-bond acceptors (Lipinski definition) is 5. The number of aliphatic carboxylic acids is 1. The predicted molar refractivity (Wildman–Crippen MR) is 121 cm³/mol. The molecule has 1 heterocycles. The van der Waals surface area contributed by atoms with E-state index >= 15 is 0 Å². The first kappa shape index (κ1) is 21.0. The molecule has 0 aromatic heterocycles. The second-order valence-corrected chi connectivity index (χ2v) is 8.48. The molecular weight excluding hydrogens is 384 g/mol. The summed E-state index contributed by atoms with van der Waals surface area (Å²) < 4.78 is 0. The van der Waals surface area contributed by atoms with Gasteiger partial charge in [-0.1, -0.05) is 13.0 Å². The lowest BCUT2D eigenvalue weighted by atomic mass is 10.00. The van der Waals surface area contributed by atoms with Crippen LogP contribution in [0.25, 0.3) is 0 Å². The Balaban J connectivity index is 1.84. The molecule has 1 aliphatic heterocycles. The average molecular weight is 413 g/mol. The molecule has 0 amide bonds. The molecule has 1 saturated heterocycles. The van der Waals surface area contributed by atoms with Crippen LogP contribution in [0.5, 0.6) is 0 Å². The summed E-state index contributed by atoms with van der Waals surface area (Å²) in [7, 11) is 0. The Bertz CT molecular complexity index is 864. The van der Waals surface area contributed by atoms with E-state index in [0.29, 0.717) is 17.3 Å². The number of nitrogens with one attached hydrogen (secondary N) is 3. The van der Waals surface area contributed by atoms with Gasteiger partial charge in [-0.05, 0) is 78.3 Å². The quantitative estimate of drug-likeness (QED) is 0.330. The number of hydrogen-bond donors (Lipinski definition) is 5. The number of benzene rings is 2. The van der Waals surface area contributed by atoms with Crippen LogP contribution in [0.15, 0.2) is 42.5 Å². The van der Waals surface area contributed by atoms with Crippen molar-refractivity contribution in [2.24, 2.45) is 5.73 Å². The van der Waals surface area contributed by atoms with Gasteiger partial charge in [-0.3, -0.25) is 5.41 Å². The van der Waals surface area contributed by atoms with E-state index in [1.165, 1.54) is 0 Å². The smallest absolute Gasteiger partial charge is 0.330 e. The van der Waals surface area contributed by atoms with E-state index in [-0.39, 0.29) is 5.84 Å². The highest BCUT2D eigenvalue weighted by Crippen LogP contribution is 2.27. The largest absolute Gasteiger partial charge is 0.479 e. The number of carboxylic acid groups (broad SMARTS) is 1. The SMILES string of the molecule is CCc1cc(NC2CCSCC2)cc(C(Nc2ccc(C(=N)N)cc2)C(=O)O)c1. The van der Waals surface area contributed by atoms with E-state index in [4.69, 9.17) is 11.1 Å². The highest BCUT2D eigenvalue weighted by atomic mass is 32.2. The van der Waals surface area contributed by atoms with Gasteiger partial charge in [-0.15, -0.1) is 0 Å². The van der Waals surface area contributed by atoms with Crippen LogP contribution >= 0.6 is 11.8 Å². The zero-order valence-corrected chi connectivity index (χ0v) is 17.4. The highest BCUT2D eigenvalue weighted by molar-refractivity contribution is 7.99. The third-order valence-electron chi connectivity index (χ3n) is 5.10. The fraction of sp³-hybridized carbons (Fsp3) is 0.364. The minimum Gasteiger partial charge on any atom is -0.479 e. The van der Waals surface area contributed by atoms with Crippen molar-refractivity contribution in [3.63, 3.8) is 0 Å². The highest BCUT2D eigenvalue weighted by Gasteiger charge is 2.22. The molecule has 2 aromatic carbocycles. The standard InChI is InChI=1S/C22H28N4O2S/c1-2-14-11-16(13-19(12-14)25-18-7-9-29-10-8-18)20(22(27)28)26-17-5-3-15(4-6-17)21(23)24/h3-6,11-13,18,20,25-26H,2,7-10H2,1H3,(H3,23,24)(H,27,28).